The molecule has 6 heteroatoms. The minimum Gasteiger partial charge on any atom is -0.497 e. The Bertz CT molecular complexity index is 909. The molecule has 166 valence electrons. The highest BCUT2D eigenvalue weighted by molar-refractivity contribution is 5.77. The maximum atomic E-state index is 13.4. The van der Waals surface area contributed by atoms with Crippen LogP contribution in [0.5, 0.6) is 11.5 Å². The number of carbonyl (C=O) groups is 1. The summed E-state index contributed by atoms with van der Waals surface area (Å²) in [6.45, 7) is 0. The van der Waals surface area contributed by atoms with Gasteiger partial charge in [0.2, 0.25) is 5.91 Å². The van der Waals surface area contributed by atoms with E-state index in [1.807, 2.05) is 36.0 Å². The minimum absolute atomic E-state index is 0.122. The summed E-state index contributed by atoms with van der Waals surface area (Å²) in [5, 5.41) is 3.32. The lowest BCUT2D eigenvalue weighted by Gasteiger charge is -2.56. The Morgan fingerprint density at radius 2 is 1.68 bits per heavy atom. The highest BCUT2D eigenvalue weighted by atomic mass is 16.5. The molecule has 4 aliphatic rings. The van der Waals surface area contributed by atoms with Crippen LogP contribution in [0.3, 0.4) is 0 Å². The number of hydrogen-bond donors (Lipinski definition) is 1. The molecule has 6 rings (SSSR count). The number of hydrogen-bond acceptors (Lipinski definition) is 4. The molecule has 1 aromatic carbocycles. The van der Waals surface area contributed by atoms with E-state index < -0.39 is 0 Å². The Kier molecular flexibility index (Phi) is 5.19. The van der Waals surface area contributed by atoms with Gasteiger partial charge in [0.1, 0.15) is 23.4 Å². The molecular formula is C25H33N3O3. The van der Waals surface area contributed by atoms with Crippen LogP contribution in [0, 0.1) is 23.2 Å². The van der Waals surface area contributed by atoms with Crippen LogP contribution in [-0.2, 0) is 11.8 Å². The molecule has 1 aromatic heterocycles. The number of amides is 1. The van der Waals surface area contributed by atoms with Crippen LogP contribution in [0.25, 0.3) is 0 Å². The lowest BCUT2D eigenvalue weighted by molar-refractivity contribution is -0.130. The van der Waals surface area contributed by atoms with Crippen molar-refractivity contribution in [1.29, 1.82) is 0 Å². The van der Waals surface area contributed by atoms with Gasteiger partial charge < -0.3 is 19.4 Å². The van der Waals surface area contributed by atoms with Crippen LogP contribution in [0.2, 0.25) is 0 Å². The van der Waals surface area contributed by atoms with Gasteiger partial charge in [-0.3, -0.25) is 4.79 Å². The van der Waals surface area contributed by atoms with Crippen molar-refractivity contribution >= 4 is 5.91 Å². The number of aromatic nitrogens is 2. The van der Waals surface area contributed by atoms with E-state index in [-0.39, 0.29) is 17.4 Å². The summed E-state index contributed by atoms with van der Waals surface area (Å²) in [5.41, 5.74) is 1.11. The molecule has 0 aliphatic heterocycles. The molecule has 6 nitrogen and oxygen atoms in total. The Balaban J connectivity index is 1.41. The zero-order valence-corrected chi connectivity index (χ0v) is 18.8. The topological polar surface area (TPSA) is 65.4 Å². The summed E-state index contributed by atoms with van der Waals surface area (Å²) < 4.78 is 12.9. The van der Waals surface area contributed by atoms with Gasteiger partial charge in [-0.1, -0.05) is 0 Å². The van der Waals surface area contributed by atoms with Crippen molar-refractivity contribution in [1.82, 2.24) is 14.9 Å². The number of nitrogens with one attached hydrogen (secondary N) is 1. The third-order valence-electron chi connectivity index (χ3n) is 7.83. The van der Waals surface area contributed by atoms with E-state index >= 15 is 0 Å². The van der Waals surface area contributed by atoms with Crippen LogP contribution in [-0.4, -0.2) is 29.7 Å². The molecule has 1 heterocycles. The number of nitrogens with zero attached hydrogens (tertiary/aromatic N) is 2. The summed E-state index contributed by atoms with van der Waals surface area (Å²) >= 11 is 0. The maximum Gasteiger partial charge on any atom is 0.221 e. The molecular weight excluding hydrogens is 390 g/mol. The Labute approximate surface area is 184 Å². The van der Waals surface area contributed by atoms with Crippen molar-refractivity contribution in [2.24, 2.45) is 30.2 Å². The highest BCUT2D eigenvalue weighted by Crippen LogP contribution is 2.61. The molecule has 31 heavy (non-hydrogen) atoms. The number of rotatable bonds is 7. The summed E-state index contributed by atoms with van der Waals surface area (Å²) in [4.78, 5) is 18.0. The smallest absolute Gasteiger partial charge is 0.221 e. The third-order valence-corrected chi connectivity index (χ3v) is 7.83. The summed E-state index contributed by atoms with van der Waals surface area (Å²) in [5.74, 6) is 4.84. The van der Waals surface area contributed by atoms with Crippen molar-refractivity contribution < 1.29 is 14.3 Å². The zero-order valence-electron chi connectivity index (χ0n) is 18.8. The van der Waals surface area contributed by atoms with Gasteiger partial charge in [-0.2, -0.15) is 0 Å². The summed E-state index contributed by atoms with van der Waals surface area (Å²) in [6, 6.07) is 5.39. The van der Waals surface area contributed by atoms with Gasteiger partial charge in [0.25, 0.3) is 0 Å². The van der Waals surface area contributed by atoms with Gasteiger partial charge in [-0.05, 0) is 79.4 Å². The molecule has 2 aromatic rings. The van der Waals surface area contributed by atoms with Crippen molar-refractivity contribution in [2.75, 3.05) is 14.2 Å². The first-order valence-electron chi connectivity index (χ1n) is 11.5. The van der Waals surface area contributed by atoms with Gasteiger partial charge in [-0.25, -0.2) is 4.98 Å². The Morgan fingerprint density at radius 3 is 2.16 bits per heavy atom. The fourth-order valence-corrected chi connectivity index (χ4v) is 7.01. The lowest BCUT2D eigenvalue weighted by Crippen LogP contribution is -2.48. The summed E-state index contributed by atoms with van der Waals surface area (Å²) in [6.07, 6.45) is 12.2. The predicted molar refractivity (Wildman–Crippen MR) is 118 cm³/mol. The van der Waals surface area contributed by atoms with Crippen LogP contribution in [0.4, 0.5) is 0 Å². The first-order chi connectivity index (χ1) is 15.0. The van der Waals surface area contributed by atoms with Gasteiger partial charge in [-0.15, -0.1) is 0 Å². The number of methoxy groups -OCH3 is 2. The normalized spacial score (nSPS) is 29.6. The Morgan fingerprint density at radius 1 is 1.10 bits per heavy atom. The van der Waals surface area contributed by atoms with E-state index in [1.54, 1.807) is 20.4 Å². The lowest BCUT2D eigenvalue weighted by atomic mass is 9.49. The number of carbonyl (C=O) groups excluding carboxylic acids is 1. The molecule has 0 radical (unpaired) electrons. The molecule has 4 bridgehead atoms. The van der Waals surface area contributed by atoms with Crippen LogP contribution in [0.1, 0.15) is 62.4 Å². The fourth-order valence-electron chi connectivity index (χ4n) is 7.01. The number of ether oxygens (including phenoxy) is 2. The quantitative estimate of drug-likeness (QED) is 0.723. The largest absolute Gasteiger partial charge is 0.497 e. The van der Waals surface area contributed by atoms with Gasteiger partial charge in [0.15, 0.2) is 0 Å². The average Bonchev–Trinajstić information content (AvgIpc) is 3.15. The van der Waals surface area contributed by atoms with Crippen molar-refractivity contribution in [3.8, 4) is 11.5 Å². The molecule has 4 aliphatic carbocycles. The molecule has 1 N–H and O–H groups in total. The number of aryl methyl sites for hydroxylation is 1. The van der Waals surface area contributed by atoms with Gasteiger partial charge in [0, 0.05) is 31.9 Å². The van der Waals surface area contributed by atoms with Crippen LogP contribution >= 0.6 is 0 Å². The minimum atomic E-state index is -0.356. The molecule has 4 saturated carbocycles. The Hall–Kier alpha value is -2.50. The van der Waals surface area contributed by atoms with Crippen molar-refractivity contribution in [3.63, 3.8) is 0 Å². The molecule has 0 saturated heterocycles. The van der Waals surface area contributed by atoms with Crippen molar-refractivity contribution in [3.05, 3.63) is 42.0 Å². The molecule has 1 atom stereocenters. The van der Waals surface area contributed by atoms with E-state index in [4.69, 9.17) is 9.47 Å². The van der Waals surface area contributed by atoms with Gasteiger partial charge in [0.05, 0.1) is 14.2 Å². The third kappa shape index (κ3) is 3.92. The van der Waals surface area contributed by atoms with E-state index in [0.717, 1.165) is 29.1 Å². The standard InChI is InChI=1S/C25H33N3O3/c1-28-5-4-26-24(28)23(19-9-20(30-2)11-21(10-19)31-3)27-22(29)15-25-12-16-6-17(13-25)8-18(7-16)14-25/h4-5,9-11,16-18,23H,6-8,12-15H2,1-3H3,(H,27,29). The molecule has 1 amide bonds. The van der Waals surface area contributed by atoms with Gasteiger partial charge >= 0.3 is 0 Å². The summed E-state index contributed by atoms with van der Waals surface area (Å²) in [7, 11) is 5.23. The molecule has 0 spiro atoms. The first-order valence-corrected chi connectivity index (χ1v) is 11.5. The number of imidazole rings is 1. The second kappa shape index (κ2) is 7.88. The fraction of sp³-hybridized carbons (Fsp3) is 0.600. The first kappa shape index (κ1) is 20.4. The van der Waals surface area contributed by atoms with E-state index in [9.17, 15) is 4.79 Å². The van der Waals surface area contributed by atoms with E-state index in [2.05, 4.69) is 10.3 Å². The highest BCUT2D eigenvalue weighted by Gasteiger charge is 2.51. The molecule has 1 unspecified atom stereocenters. The van der Waals surface area contributed by atoms with E-state index in [0.29, 0.717) is 17.9 Å². The van der Waals surface area contributed by atoms with Crippen molar-refractivity contribution in [2.45, 2.75) is 51.0 Å². The second-order valence-electron chi connectivity index (χ2n) is 10.1. The zero-order chi connectivity index (χ0) is 21.6. The monoisotopic (exact) mass is 423 g/mol. The van der Waals surface area contributed by atoms with E-state index in [1.165, 1.54) is 38.5 Å². The second-order valence-corrected chi connectivity index (χ2v) is 10.1. The predicted octanol–water partition coefficient (Wildman–Crippen LogP) is 4.25. The van der Waals surface area contributed by atoms with Crippen LogP contribution in [0.15, 0.2) is 30.6 Å². The number of benzene rings is 1. The van der Waals surface area contributed by atoms with Crippen LogP contribution < -0.4 is 14.8 Å². The maximum absolute atomic E-state index is 13.4. The average molecular weight is 424 g/mol. The SMILES string of the molecule is COc1cc(OC)cc(C(NC(=O)CC23CC4CC(CC(C4)C2)C3)c2nccn2C)c1. The molecule has 4 fully saturated rings.